The Morgan fingerprint density at radius 1 is 1.53 bits per heavy atom. The van der Waals surface area contributed by atoms with Gasteiger partial charge in [-0.15, -0.1) is 0 Å². The lowest BCUT2D eigenvalue weighted by atomic mass is 10.0. The van der Waals surface area contributed by atoms with Crippen molar-refractivity contribution in [3.05, 3.63) is 18.1 Å². The van der Waals surface area contributed by atoms with Crippen LogP contribution in [0.4, 0.5) is 5.82 Å². The fraction of sp³-hybridized carbons (Fsp3) is 0.667. The van der Waals surface area contributed by atoms with Crippen LogP contribution in [0.3, 0.4) is 0 Å². The molecular weight excluding hydrogens is 216 g/mol. The van der Waals surface area contributed by atoms with E-state index >= 15 is 0 Å². The van der Waals surface area contributed by atoms with Crippen LogP contribution in [-0.4, -0.2) is 59.3 Å². The molecule has 1 N–H and O–H groups in total. The Balaban J connectivity index is 2.07. The largest absolute Gasteiger partial charge is 0.387 e. The van der Waals surface area contributed by atoms with Gasteiger partial charge >= 0.3 is 0 Å². The molecule has 5 heteroatoms. The van der Waals surface area contributed by atoms with E-state index in [1.807, 2.05) is 32.0 Å². The van der Waals surface area contributed by atoms with E-state index in [0.29, 0.717) is 13.1 Å². The van der Waals surface area contributed by atoms with Crippen LogP contribution in [-0.2, 0) is 0 Å². The van der Waals surface area contributed by atoms with Gasteiger partial charge in [0.15, 0.2) is 0 Å². The summed E-state index contributed by atoms with van der Waals surface area (Å²) >= 11 is 0. The smallest absolute Gasteiger partial charge is 0.132 e. The molecule has 1 aromatic heterocycles. The summed E-state index contributed by atoms with van der Waals surface area (Å²) in [4.78, 5) is 12.6. The molecular formula is C12H20N4O. The number of aliphatic hydroxyl groups is 1. The number of aromatic nitrogens is 2. The number of anilines is 1. The topological polar surface area (TPSA) is 52.5 Å². The number of hydrogen-bond donors (Lipinski definition) is 1. The van der Waals surface area contributed by atoms with Crippen molar-refractivity contribution in [3.63, 3.8) is 0 Å². The maximum atomic E-state index is 10.4. The molecule has 0 aromatic carbocycles. The molecule has 0 bridgehead atoms. The zero-order valence-corrected chi connectivity index (χ0v) is 10.7. The highest BCUT2D eigenvalue weighted by molar-refractivity contribution is 5.40. The molecule has 1 saturated heterocycles. The van der Waals surface area contributed by atoms with Gasteiger partial charge in [-0.1, -0.05) is 0 Å². The van der Waals surface area contributed by atoms with Crippen LogP contribution in [0.15, 0.2) is 12.3 Å². The minimum Gasteiger partial charge on any atom is -0.387 e. The van der Waals surface area contributed by atoms with Gasteiger partial charge in [0.05, 0.1) is 5.60 Å². The van der Waals surface area contributed by atoms with E-state index in [4.69, 9.17) is 0 Å². The van der Waals surface area contributed by atoms with Crippen LogP contribution in [0, 0.1) is 6.92 Å². The maximum Gasteiger partial charge on any atom is 0.132 e. The van der Waals surface area contributed by atoms with E-state index in [0.717, 1.165) is 24.6 Å². The second-order valence-corrected chi connectivity index (χ2v) is 5.10. The Kier molecular flexibility index (Phi) is 3.31. The molecule has 1 atom stereocenters. The van der Waals surface area contributed by atoms with Gasteiger partial charge in [-0.05, 0) is 33.5 Å². The number of hydrogen-bond acceptors (Lipinski definition) is 5. The normalized spacial score (nSPS) is 24.6. The molecule has 0 amide bonds. The summed E-state index contributed by atoms with van der Waals surface area (Å²) in [5, 5.41) is 10.4. The SMILES string of the molecule is Cc1nccc(N2CCC(O)(CN(C)C)C2)n1. The van der Waals surface area contributed by atoms with Crippen molar-refractivity contribution < 1.29 is 5.11 Å². The first kappa shape index (κ1) is 12.3. The van der Waals surface area contributed by atoms with Gasteiger partial charge in [-0.2, -0.15) is 0 Å². The van der Waals surface area contributed by atoms with Gasteiger partial charge in [0.25, 0.3) is 0 Å². The van der Waals surface area contributed by atoms with Crippen molar-refractivity contribution in [1.29, 1.82) is 0 Å². The molecule has 0 aliphatic carbocycles. The Bertz CT molecular complexity index is 396. The molecule has 1 fully saturated rings. The van der Waals surface area contributed by atoms with Crippen molar-refractivity contribution in [2.24, 2.45) is 0 Å². The molecule has 94 valence electrons. The summed E-state index contributed by atoms with van der Waals surface area (Å²) in [5.74, 6) is 1.68. The molecule has 0 spiro atoms. The van der Waals surface area contributed by atoms with Gasteiger partial charge in [0.2, 0.25) is 0 Å². The first-order valence-corrected chi connectivity index (χ1v) is 5.90. The fourth-order valence-corrected chi connectivity index (χ4v) is 2.39. The Morgan fingerprint density at radius 2 is 2.29 bits per heavy atom. The second kappa shape index (κ2) is 4.58. The van der Waals surface area contributed by atoms with Crippen LogP contribution >= 0.6 is 0 Å². The van der Waals surface area contributed by atoms with Gasteiger partial charge < -0.3 is 14.9 Å². The molecule has 0 radical (unpaired) electrons. The summed E-state index contributed by atoms with van der Waals surface area (Å²) < 4.78 is 0. The molecule has 2 heterocycles. The summed E-state index contributed by atoms with van der Waals surface area (Å²) in [6.07, 6.45) is 2.55. The molecule has 1 aliphatic heterocycles. The monoisotopic (exact) mass is 236 g/mol. The van der Waals surface area contributed by atoms with Crippen LogP contribution in [0.25, 0.3) is 0 Å². The van der Waals surface area contributed by atoms with Gasteiger partial charge in [0, 0.05) is 25.8 Å². The molecule has 1 aliphatic rings. The van der Waals surface area contributed by atoms with Crippen LogP contribution in [0.1, 0.15) is 12.2 Å². The zero-order chi connectivity index (χ0) is 12.5. The van der Waals surface area contributed by atoms with Crippen molar-refractivity contribution in [2.45, 2.75) is 18.9 Å². The molecule has 1 aromatic rings. The van der Waals surface area contributed by atoms with Crippen LogP contribution in [0.2, 0.25) is 0 Å². The van der Waals surface area contributed by atoms with Crippen molar-refractivity contribution in [2.75, 3.05) is 38.6 Å². The van der Waals surface area contributed by atoms with Crippen molar-refractivity contribution in [3.8, 4) is 0 Å². The third-order valence-electron chi connectivity index (χ3n) is 3.03. The van der Waals surface area contributed by atoms with Crippen LogP contribution < -0.4 is 4.90 Å². The molecule has 5 nitrogen and oxygen atoms in total. The third kappa shape index (κ3) is 2.92. The van der Waals surface area contributed by atoms with Crippen molar-refractivity contribution in [1.82, 2.24) is 14.9 Å². The minimum absolute atomic E-state index is 0.623. The lowest BCUT2D eigenvalue weighted by Crippen LogP contribution is -2.42. The standard InChI is InChI=1S/C12H20N4O/c1-10-13-6-4-11(14-10)16-7-5-12(17,9-16)8-15(2)3/h4,6,17H,5,7-9H2,1-3H3. The summed E-state index contributed by atoms with van der Waals surface area (Å²) in [5.41, 5.74) is -0.623. The number of rotatable bonds is 3. The lowest BCUT2D eigenvalue weighted by Gasteiger charge is -2.26. The fourth-order valence-electron chi connectivity index (χ4n) is 2.39. The van der Waals surface area contributed by atoms with Crippen LogP contribution in [0.5, 0.6) is 0 Å². The quantitative estimate of drug-likeness (QED) is 0.817. The van der Waals surface area contributed by atoms with E-state index in [1.165, 1.54) is 0 Å². The summed E-state index contributed by atoms with van der Waals surface area (Å²) in [6, 6.07) is 1.90. The molecule has 17 heavy (non-hydrogen) atoms. The molecule has 2 rings (SSSR count). The van der Waals surface area contributed by atoms with E-state index in [1.54, 1.807) is 6.20 Å². The summed E-state index contributed by atoms with van der Waals surface area (Å²) in [6.45, 7) is 4.06. The number of β-amino-alcohol motifs (C(OH)–C–C–N with tert-alkyl or cyclic N) is 1. The average molecular weight is 236 g/mol. The Morgan fingerprint density at radius 3 is 2.94 bits per heavy atom. The highest BCUT2D eigenvalue weighted by Crippen LogP contribution is 2.25. The Labute approximate surface area is 102 Å². The van der Waals surface area contributed by atoms with Gasteiger partial charge in [0.1, 0.15) is 11.6 Å². The predicted octanol–water partition coefficient (Wildman–Crippen LogP) is 0.288. The first-order chi connectivity index (χ1) is 7.98. The summed E-state index contributed by atoms with van der Waals surface area (Å²) in [7, 11) is 3.96. The zero-order valence-electron chi connectivity index (χ0n) is 10.7. The molecule has 0 saturated carbocycles. The van der Waals surface area contributed by atoms with Crippen molar-refractivity contribution >= 4 is 5.82 Å². The minimum atomic E-state index is -0.623. The third-order valence-corrected chi connectivity index (χ3v) is 3.03. The first-order valence-electron chi connectivity index (χ1n) is 5.90. The highest BCUT2D eigenvalue weighted by Gasteiger charge is 2.36. The van der Waals surface area contributed by atoms with E-state index in [-0.39, 0.29) is 0 Å². The number of nitrogens with zero attached hydrogens (tertiary/aromatic N) is 4. The highest BCUT2D eigenvalue weighted by atomic mass is 16.3. The van der Waals surface area contributed by atoms with E-state index in [2.05, 4.69) is 14.9 Å². The van der Waals surface area contributed by atoms with E-state index < -0.39 is 5.60 Å². The molecule has 1 unspecified atom stereocenters. The number of likely N-dealkylation sites (N-methyl/N-ethyl adjacent to an activating group) is 1. The van der Waals surface area contributed by atoms with Gasteiger partial charge in [-0.25, -0.2) is 9.97 Å². The lowest BCUT2D eigenvalue weighted by molar-refractivity contribution is 0.0365. The average Bonchev–Trinajstić information content (AvgIpc) is 2.59. The Hall–Kier alpha value is -1.20. The maximum absolute atomic E-state index is 10.4. The number of aryl methyl sites for hydroxylation is 1. The van der Waals surface area contributed by atoms with Gasteiger partial charge in [-0.3, -0.25) is 0 Å². The second-order valence-electron chi connectivity index (χ2n) is 5.10. The van der Waals surface area contributed by atoms with E-state index in [9.17, 15) is 5.11 Å². The predicted molar refractivity (Wildman–Crippen MR) is 67.1 cm³/mol.